The Morgan fingerprint density at radius 3 is 2.50 bits per heavy atom. The summed E-state index contributed by atoms with van der Waals surface area (Å²) in [5.41, 5.74) is 2.18. The minimum Gasteiger partial charge on any atom is -0.511 e. The maximum absolute atomic E-state index is 13.3. The Morgan fingerprint density at radius 1 is 1.14 bits per heavy atom. The molecule has 1 unspecified atom stereocenters. The van der Waals surface area contributed by atoms with Gasteiger partial charge in [0, 0.05) is 17.7 Å². The van der Waals surface area contributed by atoms with Gasteiger partial charge in [-0.05, 0) is 43.9 Å². The van der Waals surface area contributed by atoms with Crippen LogP contribution in [-0.2, 0) is 9.59 Å². The van der Waals surface area contributed by atoms with E-state index in [0.717, 1.165) is 24.0 Å². The number of rotatable bonds is 5. The van der Waals surface area contributed by atoms with Crippen LogP contribution in [0.15, 0.2) is 59.9 Å². The molecule has 0 radical (unpaired) electrons. The summed E-state index contributed by atoms with van der Waals surface area (Å²) in [6.07, 6.45) is 1.62. The monoisotopic (exact) mass is 377 g/mol. The Hall–Kier alpha value is -3.08. The van der Waals surface area contributed by atoms with Crippen molar-refractivity contribution in [2.45, 2.75) is 32.7 Å². The number of Topliss-reactive ketones (excluding diaryl/α,β-unsaturated/α-hetero) is 1. The van der Waals surface area contributed by atoms with Crippen molar-refractivity contribution in [2.24, 2.45) is 5.92 Å². The van der Waals surface area contributed by atoms with Gasteiger partial charge in [0.1, 0.15) is 23.1 Å². The smallest absolute Gasteiger partial charge is 0.266 e. The van der Waals surface area contributed by atoms with Crippen LogP contribution in [0.25, 0.3) is 0 Å². The molecule has 5 nitrogen and oxygen atoms in total. The zero-order valence-corrected chi connectivity index (χ0v) is 16.0. The van der Waals surface area contributed by atoms with E-state index in [1.54, 1.807) is 6.07 Å². The van der Waals surface area contributed by atoms with Crippen LogP contribution in [0.5, 0.6) is 5.75 Å². The molecule has 1 saturated heterocycles. The third-order valence-corrected chi connectivity index (χ3v) is 5.27. The quantitative estimate of drug-likeness (QED) is 0.480. The lowest BCUT2D eigenvalue weighted by Crippen LogP contribution is -2.29. The third-order valence-electron chi connectivity index (χ3n) is 5.27. The predicted molar refractivity (Wildman–Crippen MR) is 106 cm³/mol. The van der Waals surface area contributed by atoms with Crippen LogP contribution in [0.2, 0.25) is 0 Å². The standard InChI is InChI=1S/C23H23NO4/c1-3-28-18-13-17(12-9-14(18)2)24-20(15-7-5-4-6-8-15)22(26)19(23(24)27)21(25)16-10-11-16/h4-9,12-13,16,20,25H,3,10-11H2,1-2H3. The van der Waals surface area contributed by atoms with Crippen molar-refractivity contribution in [1.82, 2.24) is 0 Å². The average Bonchev–Trinajstić information content (AvgIpc) is 3.50. The van der Waals surface area contributed by atoms with Crippen LogP contribution in [0.4, 0.5) is 5.69 Å². The molecule has 1 atom stereocenters. The summed E-state index contributed by atoms with van der Waals surface area (Å²) in [6.45, 7) is 4.34. The van der Waals surface area contributed by atoms with Gasteiger partial charge in [0.15, 0.2) is 5.78 Å². The van der Waals surface area contributed by atoms with Crippen molar-refractivity contribution in [3.05, 3.63) is 71.0 Å². The highest BCUT2D eigenvalue weighted by Crippen LogP contribution is 2.44. The number of benzene rings is 2. The first-order chi connectivity index (χ1) is 13.5. The second kappa shape index (κ2) is 7.15. The fourth-order valence-electron chi connectivity index (χ4n) is 3.65. The number of ketones is 1. The summed E-state index contributed by atoms with van der Waals surface area (Å²) in [6, 6.07) is 13.9. The van der Waals surface area contributed by atoms with E-state index >= 15 is 0 Å². The molecular weight excluding hydrogens is 354 g/mol. The number of aliphatic hydroxyl groups is 1. The fourth-order valence-corrected chi connectivity index (χ4v) is 3.65. The molecule has 5 heteroatoms. The Labute approximate surface area is 164 Å². The zero-order chi connectivity index (χ0) is 19.8. The molecule has 28 heavy (non-hydrogen) atoms. The van der Waals surface area contributed by atoms with Crippen LogP contribution in [-0.4, -0.2) is 23.4 Å². The van der Waals surface area contributed by atoms with Crippen LogP contribution in [0, 0.1) is 12.8 Å². The van der Waals surface area contributed by atoms with Gasteiger partial charge in [-0.2, -0.15) is 0 Å². The van der Waals surface area contributed by atoms with Crippen LogP contribution >= 0.6 is 0 Å². The molecule has 4 rings (SSSR count). The Balaban J connectivity index is 1.85. The number of carbonyl (C=O) groups excluding carboxylic acids is 2. The number of nitrogens with zero attached hydrogens (tertiary/aromatic N) is 1. The second-order valence-electron chi connectivity index (χ2n) is 7.27. The van der Waals surface area contributed by atoms with E-state index in [1.165, 1.54) is 4.90 Å². The molecule has 0 bridgehead atoms. The number of amides is 1. The first-order valence-corrected chi connectivity index (χ1v) is 9.62. The van der Waals surface area contributed by atoms with Crippen LogP contribution < -0.4 is 9.64 Å². The van der Waals surface area contributed by atoms with Gasteiger partial charge < -0.3 is 9.84 Å². The van der Waals surface area contributed by atoms with Crippen molar-refractivity contribution < 1.29 is 19.4 Å². The normalized spacial score (nSPS) is 21.2. The van der Waals surface area contributed by atoms with Gasteiger partial charge in [-0.1, -0.05) is 36.4 Å². The minimum atomic E-state index is -0.790. The summed E-state index contributed by atoms with van der Waals surface area (Å²) < 4.78 is 5.68. The van der Waals surface area contributed by atoms with E-state index < -0.39 is 11.9 Å². The van der Waals surface area contributed by atoms with E-state index in [9.17, 15) is 14.7 Å². The molecule has 2 fully saturated rings. The van der Waals surface area contributed by atoms with Gasteiger partial charge in [-0.15, -0.1) is 0 Å². The first kappa shape index (κ1) is 18.3. The third kappa shape index (κ3) is 3.07. The number of aryl methyl sites for hydroxylation is 1. The topological polar surface area (TPSA) is 66.8 Å². The van der Waals surface area contributed by atoms with E-state index in [-0.39, 0.29) is 23.0 Å². The Kier molecular flexibility index (Phi) is 4.67. The average molecular weight is 377 g/mol. The largest absolute Gasteiger partial charge is 0.511 e. The number of hydrogen-bond donors (Lipinski definition) is 1. The highest BCUT2D eigenvalue weighted by atomic mass is 16.5. The molecular formula is C23H23NO4. The molecule has 1 saturated carbocycles. The predicted octanol–water partition coefficient (Wildman–Crippen LogP) is 4.27. The van der Waals surface area contributed by atoms with Crippen molar-refractivity contribution in [1.29, 1.82) is 0 Å². The van der Waals surface area contributed by atoms with E-state index in [1.807, 2.05) is 56.3 Å². The van der Waals surface area contributed by atoms with E-state index in [0.29, 0.717) is 18.0 Å². The van der Waals surface area contributed by atoms with E-state index in [2.05, 4.69) is 0 Å². The summed E-state index contributed by atoms with van der Waals surface area (Å²) in [7, 11) is 0. The molecule has 1 heterocycles. The summed E-state index contributed by atoms with van der Waals surface area (Å²) in [5.74, 6) is -0.253. The second-order valence-corrected chi connectivity index (χ2v) is 7.27. The molecule has 1 amide bonds. The van der Waals surface area contributed by atoms with Crippen molar-refractivity contribution in [3.8, 4) is 5.75 Å². The lowest BCUT2D eigenvalue weighted by molar-refractivity contribution is -0.117. The summed E-state index contributed by atoms with van der Waals surface area (Å²) >= 11 is 0. The van der Waals surface area contributed by atoms with E-state index in [4.69, 9.17) is 4.74 Å². The molecule has 2 aromatic carbocycles. The SMILES string of the molecule is CCOc1cc(N2C(=O)C(=C(O)C3CC3)C(=O)C2c2ccccc2)ccc1C. The lowest BCUT2D eigenvalue weighted by Gasteiger charge is -2.24. The highest BCUT2D eigenvalue weighted by molar-refractivity contribution is 6.33. The molecule has 1 N–H and O–H groups in total. The summed E-state index contributed by atoms with van der Waals surface area (Å²) in [5, 5.41) is 10.5. The summed E-state index contributed by atoms with van der Waals surface area (Å²) in [4.78, 5) is 28.0. The molecule has 0 aromatic heterocycles. The van der Waals surface area contributed by atoms with Gasteiger partial charge in [0.25, 0.3) is 5.91 Å². The maximum atomic E-state index is 13.3. The molecule has 2 aliphatic rings. The van der Waals surface area contributed by atoms with Gasteiger partial charge in [-0.3, -0.25) is 14.5 Å². The number of aliphatic hydroxyl groups excluding tert-OH is 1. The van der Waals surface area contributed by atoms with Crippen molar-refractivity contribution >= 4 is 17.4 Å². The number of ether oxygens (including phenoxy) is 1. The van der Waals surface area contributed by atoms with Gasteiger partial charge in [-0.25, -0.2) is 0 Å². The number of hydrogen-bond acceptors (Lipinski definition) is 4. The van der Waals surface area contributed by atoms with Gasteiger partial charge in [0.05, 0.1) is 6.61 Å². The van der Waals surface area contributed by atoms with Crippen LogP contribution in [0.1, 0.15) is 36.9 Å². The number of anilines is 1. The number of allylic oxidation sites excluding steroid dienone is 1. The van der Waals surface area contributed by atoms with Gasteiger partial charge >= 0.3 is 0 Å². The Morgan fingerprint density at radius 2 is 1.86 bits per heavy atom. The number of carbonyl (C=O) groups is 2. The van der Waals surface area contributed by atoms with Crippen molar-refractivity contribution in [3.63, 3.8) is 0 Å². The van der Waals surface area contributed by atoms with Crippen molar-refractivity contribution in [2.75, 3.05) is 11.5 Å². The van der Waals surface area contributed by atoms with Crippen LogP contribution in [0.3, 0.4) is 0 Å². The maximum Gasteiger partial charge on any atom is 0.266 e. The lowest BCUT2D eigenvalue weighted by atomic mass is 10.00. The molecule has 2 aromatic rings. The highest BCUT2D eigenvalue weighted by Gasteiger charge is 2.48. The molecule has 144 valence electrons. The fraction of sp³-hybridized carbons (Fsp3) is 0.304. The minimum absolute atomic E-state index is 0.0597. The first-order valence-electron chi connectivity index (χ1n) is 9.62. The Bertz CT molecular complexity index is 960. The molecule has 0 spiro atoms. The van der Waals surface area contributed by atoms with Gasteiger partial charge in [0.2, 0.25) is 0 Å². The molecule has 1 aliphatic heterocycles. The molecule has 1 aliphatic carbocycles. The zero-order valence-electron chi connectivity index (χ0n) is 16.0.